The van der Waals surface area contributed by atoms with E-state index in [9.17, 15) is 5.11 Å². The van der Waals surface area contributed by atoms with Gasteiger partial charge in [0.25, 0.3) is 0 Å². The molecule has 1 N–H and O–H groups in total. The lowest BCUT2D eigenvalue weighted by atomic mass is 9.80. The van der Waals surface area contributed by atoms with Gasteiger partial charge in [-0.05, 0) is 54.6 Å². The maximum Gasteiger partial charge on any atom is 0.121 e. The van der Waals surface area contributed by atoms with Crippen LogP contribution in [0, 0.1) is 0 Å². The summed E-state index contributed by atoms with van der Waals surface area (Å²) in [4.78, 5) is 7.87. The van der Waals surface area contributed by atoms with Crippen molar-refractivity contribution >= 4 is 0 Å². The highest BCUT2D eigenvalue weighted by Gasteiger charge is 2.46. The van der Waals surface area contributed by atoms with Crippen LogP contribution >= 0.6 is 0 Å². The lowest BCUT2D eigenvalue weighted by Crippen LogP contribution is -2.62. The van der Waals surface area contributed by atoms with Gasteiger partial charge >= 0.3 is 0 Å². The van der Waals surface area contributed by atoms with Gasteiger partial charge in [-0.1, -0.05) is 0 Å². The Morgan fingerprint density at radius 3 is 2.00 bits per heavy atom. The molecule has 0 aromatic rings. The lowest BCUT2D eigenvalue weighted by molar-refractivity contribution is -0.304. The van der Waals surface area contributed by atoms with Crippen LogP contribution in [0.3, 0.4) is 0 Å². The second-order valence-corrected chi connectivity index (χ2v) is 6.32. The molecule has 96 valence electrons. The average Bonchev–Trinajstić information content (AvgIpc) is 1.96. The van der Waals surface area contributed by atoms with E-state index < -0.39 is 0 Å². The van der Waals surface area contributed by atoms with E-state index in [1.54, 1.807) is 0 Å². The third-order valence-electron chi connectivity index (χ3n) is 3.01. The van der Waals surface area contributed by atoms with Gasteiger partial charge in [-0.25, -0.2) is 0 Å². The van der Waals surface area contributed by atoms with Gasteiger partial charge in [-0.3, -0.25) is 9.74 Å². The van der Waals surface area contributed by atoms with Gasteiger partial charge in [0, 0.05) is 11.1 Å². The number of nitrogens with zero attached hydrogens (tertiary/aromatic N) is 2. The Bertz CT molecular complexity index is 221. The van der Waals surface area contributed by atoms with Crippen LogP contribution in [0.4, 0.5) is 0 Å². The van der Waals surface area contributed by atoms with Crippen LogP contribution in [0.5, 0.6) is 0 Å². The van der Waals surface area contributed by atoms with Crippen LogP contribution < -0.4 is 0 Å². The monoisotopic (exact) mass is 230 g/mol. The molecule has 1 aliphatic heterocycles. The van der Waals surface area contributed by atoms with Gasteiger partial charge in [-0.2, -0.15) is 5.06 Å². The van der Waals surface area contributed by atoms with E-state index in [0.717, 1.165) is 12.8 Å². The molecule has 0 aliphatic carbocycles. The second-order valence-electron chi connectivity index (χ2n) is 6.32. The van der Waals surface area contributed by atoms with E-state index in [2.05, 4.69) is 27.7 Å². The molecule has 4 nitrogen and oxygen atoms in total. The summed E-state index contributed by atoms with van der Waals surface area (Å²) in [6.45, 7) is 9.04. The fraction of sp³-hybridized carbons (Fsp3) is 1.00. The molecule has 1 saturated heterocycles. The highest BCUT2D eigenvalue weighted by Crippen LogP contribution is 2.38. The molecule has 0 aromatic carbocycles. The molecular weight excluding hydrogens is 204 g/mol. The minimum atomic E-state index is -0.232. The van der Waals surface area contributed by atoms with Crippen molar-refractivity contribution < 1.29 is 9.94 Å². The molecule has 0 unspecified atom stereocenters. The molecule has 0 atom stereocenters. The van der Waals surface area contributed by atoms with Crippen LogP contribution in [0.15, 0.2) is 0 Å². The Morgan fingerprint density at radius 1 is 1.19 bits per heavy atom. The maximum atomic E-state index is 9.88. The van der Waals surface area contributed by atoms with E-state index in [1.165, 1.54) is 0 Å². The summed E-state index contributed by atoms with van der Waals surface area (Å²) in [7, 11) is 3.97. The third kappa shape index (κ3) is 3.17. The van der Waals surface area contributed by atoms with Crippen LogP contribution in [-0.2, 0) is 4.84 Å². The van der Waals surface area contributed by atoms with E-state index in [4.69, 9.17) is 4.84 Å². The number of rotatable bonds is 3. The van der Waals surface area contributed by atoms with Gasteiger partial charge < -0.3 is 5.11 Å². The molecule has 0 amide bonds. The van der Waals surface area contributed by atoms with E-state index in [-0.39, 0.29) is 17.2 Å². The van der Waals surface area contributed by atoms with Crippen molar-refractivity contribution in [1.82, 2.24) is 9.96 Å². The lowest BCUT2D eigenvalue weighted by Gasteiger charge is -2.52. The first-order chi connectivity index (χ1) is 7.15. The number of aliphatic hydroxyl groups is 1. The summed E-state index contributed by atoms with van der Waals surface area (Å²) in [5.41, 5.74) is -0.256. The fourth-order valence-electron chi connectivity index (χ4n) is 2.73. The topological polar surface area (TPSA) is 35.9 Å². The Hall–Kier alpha value is -0.160. The quantitative estimate of drug-likeness (QED) is 0.745. The van der Waals surface area contributed by atoms with E-state index >= 15 is 0 Å². The highest BCUT2D eigenvalue weighted by molar-refractivity contribution is 4.96. The Morgan fingerprint density at radius 2 is 1.62 bits per heavy atom. The molecule has 1 aliphatic rings. The van der Waals surface area contributed by atoms with Gasteiger partial charge in [0.2, 0.25) is 0 Å². The molecular formula is C12H26N2O2. The zero-order chi connectivity index (χ0) is 12.6. The van der Waals surface area contributed by atoms with Crippen LogP contribution in [-0.4, -0.2) is 53.1 Å². The number of hydrogen-bond acceptors (Lipinski definition) is 4. The Kier molecular flexibility index (Phi) is 4.00. The first-order valence-electron chi connectivity index (χ1n) is 5.91. The minimum Gasteiger partial charge on any atom is -0.393 e. The fourth-order valence-corrected chi connectivity index (χ4v) is 2.73. The van der Waals surface area contributed by atoms with Gasteiger partial charge in [0.05, 0.1) is 6.10 Å². The first-order valence-corrected chi connectivity index (χ1v) is 5.91. The Labute approximate surface area is 99.1 Å². The summed E-state index contributed by atoms with van der Waals surface area (Å²) >= 11 is 0. The minimum absolute atomic E-state index is 0.128. The zero-order valence-corrected chi connectivity index (χ0v) is 11.4. The third-order valence-corrected chi connectivity index (χ3v) is 3.01. The molecule has 0 aromatic heterocycles. The normalized spacial score (nSPS) is 26.2. The van der Waals surface area contributed by atoms with E-state index in [0.29, 0.717) is 6.73 Å². The van der Waals surface area contributed by atoms with Crippen molar-refractivity contribution in [2.24, 2.45) is 0 Å². The summed E-state index contributed by atoms with van der Waals surface area (Å²) in [5.74, 6) is 0. The molecule has 1 rings (SSSR count). The van der Waals surface area contributed by atoms with Crippen molar-refractivity contribution in [2.75, 3.05) is 20.8 Å². The van der Waals surface area contributed by atoms with Crippen molar-refractivity contribution in [3.05, 3.63) is 0 Å². The summed E-state index contributed by atoms with van der Waals surface area (Å²) in [6, 6.07) is 0. The number of hydrogen-bond donors (Lipinski definition) is 1. The second kappa shape index (κ2) is 4.61. The van der Waals surface area contributed by atoms with Crippen molar-refractivity contribution in [3.8, 4) is 0 Å². The van der Waals surface area contributed by atoms with Crippen molar-refractivity contribution in [3.63, 3.8) is 0 Å². The molecule has 0 spiro atoms. The van der Waals surface area contributed by atoms with Crippen LogP contribution in [0.1, 0.15) is 40.5 Å². The maximum absolute atomic E-state index is 9.88. The molecule has 0 saturated carbocycles. The first kappa shape index (κ1) is 13.9. The van der Waals surface area contributed by atoms with E-state index in [1.807, 2.05) is 24.1 Å². The summed E-state index contributed by atoms with van der Waals surface area (Å²) < 4.78 is 0. The average molecular weight is 230 g/mol. The zero-order valence-electron chi connectivity index (χ0n) is 11.4. The predicted molar refractivity (Wildman–Crippen MR) is 64.9 cm³/mol. The molecule has 0 radical (unpaired) electrons. The van der Waals surface area contributed by atoms with Gasteiger partial charge in [0.1, 0.15) is 6.73 Å². The SMILES string of the molecule is CN(C)CON1C(C)(C)CC(O)CC1(C)C. The molecule has 16 heavy (non-hydrogen) atoms. The Balaban J connectivity index is 2.76. The number of hydroxylamine groups is 2. The summed E-state index contributed by atoms with van der Waals surface area (Å²) in [5, 5.41) is 11.9. The standard InChI is InChI=1S/C12H26N2O2/c1-11(2)7-10(15)8-12(3,4)14(11)16-9-13(5)6/h10,15H,7-9H2,1-6H3. The van der Waals surface area contributed by atoms with Gasteiger partial charge in [0.15, 0.2) is 0 Å². The van der Waals surface area contributed by atoms with Crippen molar-refractivity contribution in [2.45, 2.75) is 57.7 Å². The number of aliphatic hydroxyl groups excluding tert-OH is 1. The highest BCUT2D eigenvalue weighted by atomic mass is 16.7. The number of piperidine rings is 1. The summed E-state index contributed by atoms with van der Waals surface area (Å²) in [6.07, 6.45) is 1.28. The molecule has 1 heterocycles. The van der Waals surface area contributed by atoms with Gasteiger partial charge in [-0.15, -0.1) is 0 Å². The van der Waals surface area contributed by atoms with Crippen LogP contribution in [0.2, 0.25) is 0 Å². The van der Waals surface area contributed by atoms with Crippen molar-refractivity contribution in [1.29, 1.82) is 0 Å². The molecule has 4 heteroatoms. The largest absolute Gasteiger partial charge is 0.393 e. The predicted octanol–water partition coefficient (Wildman–Crippen LogP) is 1.45. The smallest absolute Gasteiger partial charge is 0.121 e. The molecule has 0 bridgehead atoms. The van der Waals surface area contributed by atoms with Crippen LogP contribution in [0.25, 0.3) is 0 Å². The molecule has 1 fully saturated rings.